The molecule has 0 aliphatic carbocycles. The smallest absolute Gasteiger partial charge is 0.408 e. The predicted molar refractivity (Wildman–Crippen MR) is 175 cm³/mol. The third-order valence-corrected chi connectivity index (χ3v) is 6.52. The number of primary amides is 1. The minimum absolute atomic E-state index is 0.107. The topological polar surface area (TPSA) is 157 Å². The molecule has 11 heteroatoms. The standard InChI is InChI=1S/C35H48N4O7/c1-9-21-39(31(42)26(19-20-28(36)40)38-33(44)46-35(6,7)8)29(25-17-15-23(2)16-18-25)30(41)37-27(32(43)45-34(3,4)5)22-24-13-11-10-12-14-24/h9-18,26-27,29H,1,19-22H2,2-8H3,(H2,36,40)(H,37,41)(H,38,44). The average molecular weight is 637 g/mol. The summed E-state index contributed by atoms with van der Waals surface area (Å²) in [5.41, 5.74) is 5.86. The minimum atomic E-state index is -1.27. The van der Waals surface area contributed by atoms with E-state index >= 15 is 0 Å². The Morgan fingerprint density at radius 1 is 0.870 bits per heavy atom. The van der Waals surface area contributed by atoms with E-state index in [1.54, 1.807) is 65.8 Å². The molecule has 4 N–H and O–H groups in total. The van der Waals surface area contributed by atoms with Gasteiger partial charge in [0.2, 0.25) is 17.7 Å². The Kier molecular flexibility index (Phi) is 13.5. The lowest BCUT2D eigenvalue weighted by Crippen LogP contribution is -2.55. The summed E-state index contributed by atoms with van der Waals surface area (Å²) >= 11 is 0. The van der Waals surface area contributed by atoms with Crippen LogP contribution in [0.4, 0.5) is 4.79 Å². The molecule has 0 saturated heterocycles. The summed E-state index contributed by atoms with van der Waals surface area (Å²) < 4.78 is 11.0. The van der Waals surface area contributed by atoms with Gasteiger partial charge in [-0.05, 0) is 66.0 Å². The van der Waals surface area contributed by atoms with Crippen LogP contribution in [0.15, 0.2) is 67.3 Å². The molecule has 0 aliphatic rings. The first kappa shape index (κ1) is 37.5. The summed E-state index contributed by atoms with van der Waals surface area (Å²) in [7, 11) is 0. The van der Waals surface area contributed by atoms with Gasteiger partial charge in [-0.25, -0.2) is 9.59 Å². The van der Waals surface area contributed by atoms with Gasteiger partial charge in [0.15, 0.2) is 0 Å². The quantitative estimate of drug-likeness (QED) is 0.206. The number of alkyl carbamates (subject to hydrolysis) is 1. The van der Waals surface area contributed by atoms with Crippen molar-refractivity contribution in [1.82, 2.24) is 15.5 Å². The van der Waals surface area contributed by atoms with Crippen LogP contribution in [0.1, 0.15) is 77.1 Å². The van der Waals surface area contributed by atoms with Gasteiger partial charge in [0, 0.05) is 19.4 Å². The summed E-state index contributed by atoms with van der Waals surface area (Å²) in [6, 6.07) is 12.6. The zero-order valence-electron chi connectivity index (χ0n) is 27.9. The van der Waals surface area contributed by atoms with E-state index in [0.29, 0.717) is 5.56 Å². The Bertz CT molecular complexity index is 1360. The van der Waals surface area contributed by atoms with E-state index < -0.39 is 59.1 Å². The van der Waals surface area contributed by atoms with Crippen LogP contribution in [-0.4, -0.2) is 64.5 Å². The molecule has 250 valence electrons. The molecule has 0 spiro atoms. The van der Waals surface area contributed by atoms with Crippen LogP contribution in [0.2, 0.25) is 0 Å². The largest absolute Gasteiger partial charge is 0.458 e. The third kappa shape index (κ3) is 12.7. The maximum Gasteiger partial charge on any atom is 0.408 e. The molecule has 0 saturated carbocycles. The fraction of sp³-hybridized carbons (Fsp3) is 0.457. The molecular formula is C35H48N4O7. The first-order valence-corrected chi connectivity index (χ1v) is 15.2. The molecule has 0 aliphatic heterocycles. The van der Waals surface area contributed by atoms with Gasteiger partial charge in [0.25, 0.3) is 0 Å². The Balaban J connectivity index is 2.58. The number of amides is 4. The molecule has 0 bridgehead atoms. The maximum absolute atomic E-state index is 14.3. The van der Waals surface area contributed by atoms with E-state index in [1.165, 1.54) is 11.0 Å². The molecule has 2 aromatic carbocycles. The number of carbonyl (C=O) groups is 5. The van der Waals surface area contributed by atoms with Crippen LogP contribution in [0, 0.1) is 6.92 Å². The van der Waals surface area contributed by atoms with Crippen molar-refractivity contribution in [2.45, 2.75) is 97.1 Å². The summed E-state index contributed by atoms with van der Waals surface area (Å²) in [4.78, 5) is 67.6. The van der Waals surface area contributed by atoms with Gasteiger partial charge in [-0.2, -0.15) is 0 Å². The monoisotopic (exact) mass is 636 g/mol. The lowest BCUT2D eigenvalue weighted by molar-refractivity contribution is -0.159. The Morgan fingerprint density at radius 2 is 1.46 bits per heavy atom. The molecule has 0 aromatic heterocycles. The van der Waals surface area contributed by atoms with Gasteiger partial charge < -0.3 is 30.7 Å². The summed E-state index contributed by atoms with van der Waals surface area (Å²) in [6.07, 6.45) is 0.350. The molecule has 0 heterocycles. The van der Waals surface area contributed by atoms with Gasteiger partial charge in [0.05, 0.1) is 0 Å². The Labute approximate surface area is 271 Å². The Hall–Kier alpha value is -4.67. The second-order valence-corrected chi connectivity index (χ2v) is 13.1. The van der Waals surface area contributed by atoms with E-state index in [4.69, 9.17) is 15.2 Å². The van der Waals surface area contributed by atoms with Gasteiger partial charge >= 0.3 is 12.1 Å². The van der Waals surface area contributed by atoms with Crippen LogP contribution >= 0.6 is 0 Å². The van der Waals surface area contributed by atoms with Crippen molar-refractivity contribution in [3.63, 3.8) is 0 Å². The van der Waals surface area contributed by atoms with Crippen molar-refractivity contribution in [3.05, 3.63) is 83.9 Å². The number of benzene rings is 2. The first-order valence-electron chi connectivity index (χ1n) is 15.2. The summed E-state index contributed by atoms with van der Waals surface area (Å²) in [6.45, 7) is 15.8. The zero-order valence-corrected chi connectivity index (χ0v) is 27.9. The number of ether oxygens (including phenoxy) is 2. The number of hydrogen-bond acceptors (Lipinski definition) is 7. The molecule has 0 fully saturated rings. The first-order chi connectivity index (χ1) is 21.4. The lowest BCUT2D eigenvalue weighted by atomic mass is 9.99. The molecule has 4 amide bonds. The third-order valence-electron chi connectivity index (χ3n) is 6.52. The van der Waals surface area contributed by atoms with Crippen molar-refractivity contribution < 1.29 is 33.4 Å². The minimum Gasteiger partial charge on any atom is -0.458 e. The number of nitrogens with two attached hydrogens (primary N) is 1. The highest BCUT2D eigenvalue weighted by molar-refractivity contribution is 5.94. The van der Waals surface area contributed by atoms with Gasteiger partial charge in [-0.3, -0.25) is 14.4 Å². The normalized spacial score (nSPS) is 13.4. The molecule has 2 rings (SSSR count). The number of carbonyl (C=O) groups excluding carboxylic acids is 5. The number of nitrogens with one attached hydrogen (secondary N) is 2. The molecule has 11 nitrogen and oxygen atoms in total. The van der Waals surface area contributed by atoms with Crippen molar-refractivity contribution in [3.8, 4) is 0 Å². The fourth-order valence-electron chi connectivity index (χ4n) is 4.54. The van der Waals surface area contributed by atoms with E-state index in [2.05, 4.69) is 17.2 Å². The molecule has 3 unspecified atom stereocenters. The second kappa shape index (κ2) is 16.6. The van der Waals surface area contributed by atoms with Gasteiger partial charge in [0.1, 0.15) is 29.3 Å². The van der Waals surface area contributed by atoms with Crippen molar-refractivity contribution in [1.29, 1.82) is 0 Å². The number of aryl methyl sites for hydroxylation is 1. The molecular weight excluding hydrogens is 588 g/mol. The second-order valence-electron chi connectivity index (χ2n) is 13.1. The van der Waals surface area contributed by atoms with Crippen LogP contribution in [0.3, 0.4) is 0 Å². The van der Waals surface area contributed by atoms with E-state index in [0.717, 1.165) is 11.1 Å². The summed E-state index contributed by atoms with van der Waals surface area (Å²) in [5.74, 6) is -2.64. The maximum atomic E-state index is 14.3. The van der Waals surface area contributed by atoms with E-state index in [1.807, 2.05) is 37.3 Å². The van der Waals surface area contributed by atoms with Gasteiger partial charge in [-0.1, -0.05) is 66.2 Å². The van der Waals surface area contributed by atoms with Crippen LogP contribution in [0.5, 0.6) is 0 Å². The molecule has 46 heavy (non-hydrogen) atoms. The van der Waals surface area contributed by atoms with E-state index in [9.17, 15) is 24.0 Å². The van der Waals surface area contributed by atoms with Gasteiger partial charge in [-0.15, -0.1) is 6.58 Å². The van der Waals surface area contributed by atoms with Crippen LogP contribution < -0.4 is 16.4 Å². The molecule has 3 atom stereocenters. The highest BCUT2D eigenvalue weighted by atomic mass is 16.6. The average Bonchev–Trinajstić information content (AvgIpc) is 2.94. The number of rotatable bonds is 14. The SMILES string of the molecule is C=CCN(C(=O)C(CCC(N)=O)NC(=O)OC(C)(C)C)C(C(=O)NC(Cc1ccccc1)C(=O)OC(C)(C)C)c1ccc(C)cc1. The van der Waals surface area contributed by atoms with Crippen molar-refractivity contribution in [2.75, 3.05) is 6.54 Å². The van der Waals surface area contributed by atoms with Crippen LogP contribution in [0.25, 0.3) is 0 Å². The van der Waals surface area contributed by atoms with Crippen molar-refractivity contribution in [2.24, 2.45) is 5.73 Å². The highest BCUT2D eigenvalue weighted by Crippen LogP contribution is 2.25. The highest BCUT2D eigenvalue weighted by Gasteiger charge is 2.38. The van der Waals surface area contributed by atoms with Crippen LogP contribution in [-0.2, 0) is 35.1 Å². The Morgan fingerprint density at radius 3 is 1.98 bits per heavy atom. The number of nitrogens with zero attached hydrogens (tertiary/aromatic N) is 1. The zero-order chi connectivity index (χ0) is 34.7. The number of esters is 1. The summed E-state index contributed by atoms with van der Waals surface area (Å²) in [5, 5.41) is 5.37. The van der Waals surface area contributed by atoms with Crippen molar-refractivity contribution >= 4 is 29.8 Å². The van der Waals surface area contributed by atoms with E-state index in [-0.39, 0.29) is 25.8 Å². The molecule has 2 aromatic rings. The fourth-order valence-corrected chi connectivity index (χ4v) is 4.54. The predicted octanol–water partition coefficient (Wildman–Crippen LogP) is 4.28. The lowest BCUT2D eigenvalue weighted by Gasteiger charge is -2.34. The number of hydrogen-bond donors (Lipinski definition) is 3. The molecule has 0 radical (unpaired) electrons.